The smallest absolute Gasteiger partial charge is 0.322 e. The Morgan fingerprint density at radius 2 is 1.80 bits per heavy atom. The highest BCUT2D eigenvalue weighted by Crippen LogP contribution is 2.33. The summed E-state index contributed by atoms with van der Waals surface area (Å²) in [6.45, 7) is 4.94. The van der Waals surface area contributed by atoms with E-state index in [1.807, 2.05) is 70.8 Å². The number of nitrogens with one attached hydrogen (secondary N) is 1. The molecule has 3 aromatic rings. The molecule has 5 nitrogen and oxygen atoms in total. The highest BCUT2D eigenvalue weighted by atomic mass is 32.1. The van der Waals surface area contributed by atoms with E-state index in [2.05, 4.69) is 28.6 Å². The molecule has 3 heterocycles. The van der Waals surface area contributed by atoms with Gasteiger partial charge in [-0.05, 0) is 66.8 Å². The predicted octanol–water partition coefficient (Wildman–Crippen LogP) is 5.34. The monoisotopic (exact) mass is 419 g/mol. The maximum atomic E-state index is 12.8. The number of fused-ring (bicyclic) bond motifs is 2. The Kier molecular flexibility index (Phi) is 5.19. The van der Waals surface area contributed by atoms with Crippen LogP contribution in [0.25, 0.3) is 0 Å². The van der Waals surface area contributed by atoms with Crippen LogP contribution in [0.5, 0.6) is 11.5 Å². The van der Waals surface area contributed by atoms with Crippen LogP contribution in [-0.2, 0) is 6.54 Å². The topological polar surface area (TPSA) is 44.8 Å². The molecule has 1 N–H and O–H groups in total. The molecule has 2 atom stereocenters. The molecule has 2 amide bonds. The van der Waals surface area contributed by atoms with Gasteiger partial charge >= 0.3 is 6.03 Å². The molecule has 2 bridgehead atoms. The molecule has 2 saturated heterocycles. The summed E-state index contributed by atoms with van der Waals surface area (Å²) in [5, 5.41) is 5.21. The summed E-state index contributed by atoms with van der Waals surface area (Å²) >= 11 is 1.83. The van der Waals surface area contributed by atoms with Gasteiger partial charge < -0.3 is 15.0 Å². The molecule has 2 unspecified atom stereocenters. The van der Waals surface area contributed by atoms with Gasteiger partial charge in [0.25, 0.3) is 0 Å². The van der Waals surface area contributed by atoms with E-state index in [9.17, 15) is 4.79 Å². The number of hydrogen-bond acceptors (Lipinski definition) is 4. The van der Waals surface area contributed by atoms with E-state index < -0.39 is 0 Å². The van der Waals surface area contributed by atoms with Gasteiger partial charge in [0.05, 0.1) is 0 Å². The fourth-order valence-electron chi connectivity index (χ4n) is 4.37. The second-order valence-electron chi connectivity index (χ2n) is 8.02. The van der Waals surface area contributed by atoms with Crippen LogP contribution >= 0.6 is 11.3 Å². The van der Waals surface area contributed by atoms with Crippen molar-refractivity contribution in [1.82, 2.24) is 9.80 Å². The van der Waals surface area contributed by atoms with Crippen LogP contribution in [0.2, 0.25) is 0 Å². The van der Waals surface area contributed by atoms with Crippen LogP contribution in [0.15, 0.2) is 66.0 Å². The van der Waals surface area contributed by atoms with Gasteiger partial charge in [0.1, 0.15) is 11.5 Å². The van der Waals surface area contributed by atoms with Gasteiger partial charge in [-0.3, -0.25) is 4.90 Å². The fourth-order valence-corrected chi connectivity index (χ4v) is 5.30. The van der Waals surface area contributed by atoms with Crippen LogP contribution in [-0.4, -0.2) is 41.0 Å². The quantitative estimate of drug-likeness (QED) is 0.607. The lowest BCUT2D eigenvalue weighted by molar-refractivity contribution is 0.140. The first kappa shape index (κ1) is 19.2. The highest BCUT2D eigenvalue weighted by molar-refractivity contribution is 7.10. The van der Waals surface area contributed by atoms with Crippen molar-refractivity contribution in [2.24, 2.45) is 0 Å². The number of hydrogen-bond donors (Lipinski definition) is 1. The minimum absolute atomic E-state index is 0.00816. The number of rotatable bonds is 5. The zero-order chi connectivity index (χ0) is 20.5. The number of aryl methyl sites for hydroxylation is 1. The summed E-state index contributed by atoms with van der Waals surface area (Å²) in [6.07, 6.45) is 1.07. The Hall–Kier alpha value is -2.83. The minimum Gasteiger partial charge on any atom is -0.457 e. The summed E-state index contributed by atoms with van der Waals surface area (Å²) in [5.74, 6) is 1.55. The summed E-state index contributed by atoms with van der Waals surface area (Å²) in [6, 6.07) is 20.1. The third-order valence-corrected chi connectivity index (χ3v) is 7.02. The van der Waals surface area contributed by atoms with Crippen LogP contribution in [0.3, 0.4) is 0 Å². The van der Waals surface area contributed by atoms with Gasteiger partial charge in [0, 0.05) is 42.3 Å². The molecular weight excluding hydrogens is 394 g/mol. The molecule has 0 radical (unpaired) electrons. The Labute approximate surface area is 180 Å². The van der Waals surface area contributed by atoms with Crippen molar-refractivity contribution in [2.45, 2.75) is 32.0 Å². The van der Waals surface area contributed by atoms with Gasteiger partial charge in [-0.1, -0.05) is 18.2 Å². The molecule has 30 heavy (non-hydrogen) atoms. The first-order valence-electron chi connectivity index (χ1n) is 10.3. The number of amides is 2. The lowest BCUT2D eigenvalue weighted by Crippen LogP contribution is -2.49. The van der Waals surface area contributed by atoms with Crippen molar-refractivity contribution in [3.8, 4) is 11.5 Å². The summed E-state index contributed by atoms with van der Waals surface area (Å²) in [5.41, 5.74) is 2.16. The number of likely N-dealkylation sites (tertiary alicyclic amines) is 2. The molecule has 154 valence electrons. The molecule has 0 saturated carbocycles. The molecule has 0 spiro atoms. The third-order valence-electron chi connectivity index (χ3n) is 6.01. The Balaban J connectivity index is 1.16. The number of urea groups is 1. The van der Waals surface area contributed by atoms with Crippen LogP contribution in [0.1, 0.15) is 16.9 Å². The molecular formula is C24H25N3O2S. The number of carbonyl (C=O) groups excluding carboxylic acids is 1. The number of piperazine rings is 1. The lowest BCUT2D eigenvalue weighted by Gasteiger charge is -2.34. The van der Waals surface area contributed by atoms with Crippen molar-refractivity contribution in [3.63, 3.8) is 0 Å². The molecule has 5 rings (SSSR count). The van der Waals surface area contributed by atoms with E-state index >= 15 is 0 Å². The summed E-state index contributed by atoms with van der Waals surface area (Å²) < 4.78 is 5.81. The van der Waals surface area contributed by atoms with E-state index in [1.54, 1.807) is 0 Å². The number of anilines is 1. The lowest BCUT2D eigenvalue weighted by atomic mass is 10.2. The maximum Gasteiger partial charge on any atom is 0.322 e. The van der Waals surface area contributed by atoms with Gasteiger partial charge in [-0.2, -0.15) is 0 Å². The SMILES string of the molecule is Cc1ccsc1CN1CC2CC1CN2C(=O)Nc1ccc(Oc2ccccc2)cc1. The van der Waals surface area contributed by atoms with Crippen molar-refractivity contribution in [2.75, 3.05) is 18.4 Å². The van der Waals surface area contributed by atoms with E-state index in [-0.39, 0.29) is 6.03 Å². The number of nitrogens with zero attached hydrogens (tertiary/aromatic N) is 2. The predicted molar refractivity (Wildman–Crippen MR) is 120 cm³/mol. The van der Waals surface area contributed by atoms with Gasteiger partial charge in [-0.25, -0.2) is 4.79 Å². The molecule has 1 aromatic heterocycles. The van der Waals surface area contributed by atoms with Gasteiger partial charge in [0.2, 0.25) is 0 Å². The largest absolute Gasteiger partial charge is 0.457 e. The number of benzene rings is 2. The fraction of sp³-hybridized carbons (Fsp3) is 0.292. The average molecular weight is 420 g/mol. The zero-order valence-electron chi connectivity index (χ0n) is 17.0. The first-order chi connectivity index (χ1) is 14.7. The average Bonchev–Trinajstić information content (AvgIpc) is 3.47. The van der Waals surface area contributed by atoms with Crippen LogP contribution in [0.4, 0.5) is 10.5 Å². The molecule has 0 aliphatic carbocycles. The number of carbonyl (C=O) groups is 1. The normalized spacial score (nSPS) is 20.5. The molecule has 6 heteroatoms. The highest BCUT2D eigenvalue weighted by Gasteiger charge is 2.45. The van der Waals surface area contributed by atoms with Crippen molar-refractivity contribution in [3.05, 3.63) is 76.5 Å². The number of para-hydroxylation sites is 1. The molecule has 2 fully saturated rings. The van der Waals surface area contributed by atoms with E-state index in [1.165, 1.54) is 10.4 Å². The summed E-state index contributed by atoms with van der Waals surface area (Å²) in [4.78, 5) is 18.8. The second-order valence-corrected chi connectivity index (χ2v) is 9.02. The Morgan fingerprint density at radius 3 is 2.47 bits per heavy atom. The van der Waals surface area contributed by atoms with Crippen molar-refractivity contribution >= 4 is 23.1 Å². The Bertz CT molecular complexity index is 1020. The third kappa shape index (κ3) is 3.93. The molecule has 2 aliphatic rings. The number of ether oxygens (including phenoxy) is 1. The molecule has 2 aromatic carbocycles. The van der Waals surface area contributed by atoms with Gasteiger partial charge in [0.15, 0.2) is 0 Å². The van der Waals surface area contributed by atoms with E-state index in [0.717, 1.165) is 43.2 Å². The maximum absolute atomic E-state index is 12.8. The first-order valence-corrected chi connectivity index (χ1v) is 11.2. The van der Waals surface area contributed by atoms with E-state index in [0.29, 0.717) is 12.1 Å². The standard InChI is InChI=1S/C24H25N3O2S/c1-17-11-12-30-23(17)16-26-14-20-13-19(26)15-27(20)24(28)25-18-7-9-22(10-8-18)29-21-5-3-2-4-6-21/h2-12,19-20H,13-16H2,1H3,(H,25,28). The van der Waals surface area contributed by atoms with E-state index in [4.69, 9.17) is 4.74 Å². The molecule has 2 aliphatic heterocycles. The van der Waals surface area contributed by atoms with Crippen molar-refractivity contribution in [1.29, 1.82) is 0 Å². The van der Waals surface area contributed by atoms with Crippen LogP contribution in [0, 0.1) is 6.92 Å². The summed E-state index contributed by atoms with van der Waals surface area (Å²) in [7, 11) is 0. The second kappa shape index (κ2) is 8.13. The van der Waals surface area contributed by atoms with Gasteiger partial charge in [-0.15, -0.1) is 11.3 Å². The zero-order valence-corrected chi connectivity index (χ0v) is 17.8. The Morgan fingerprint density at radius 1 is 1.03 bits per heavy atom. The van der Waals surface area contributed by atoms with Crippen LogP contribution < -0.4 is 10.1 Å². The minimum atomic E-state index is -0.00816. The number of thiophene rings is 1. The van der Waals surface area contributed by atoms with Crippen molar-refractivity contribution < 1.29 is 9.53 Å².